The zero-order chi connectivity index (χ0) is 58.4. The quantitative estimate of drug-likeness (QED) is 0.166. The zero-order valence-corrected chi connectivity index (χ0v) is 48.0. The van der Waals surface area contributed by atoms with Crippen LogP contribution in [0.3, 0.4) is 0 Å². The van der Waals surface area contributed by atoms with Gasteiger partial charge in [-0.3, -0.25) is 23.5 Å². The van der Waals surface area contributed by atoms with E-state index in [4.69, 9.17) is 56.4 Å². The number of aromatic amines is 1. The minimum atomic E-state index is -0.406. The SMILES string of the molecule is Clc1ccc2nc(-c3ccccc3)[nH]c2c1.O=C(Cl)c1cccc2ccccc12.O=C(c1cccc2ccccc12)n1c(-c2ccccc2)nc2cc(Cl)ccc21.O=C(c1cccc2ccccc12)n1c(-c2ccccc2)nc2ccc(Cl)cc21. The Morgan fingerprint density at radius 3 is 1.27 bits per heavy atom. The molecular formula is C72H46Cl4N6O3. The summed E-state index contributed by atoms with van der Waals surface area (Å²) in [7, 11) is 0. The number of rotatable bonds is 6. The fraction of sp³-hybridized carbons (Fsp3) is 0. The number of hydrogen-bond acceptors (Lipinski definition) is 6. The van der Waals surface area contributed by atoms with Crippen LogP contribution >= 0.6 is 46.4 Å². The van der Waals surface area contributed by atoms with Crippen molar-refractivity contribution in [2.24, 2.45) is 0 Å². The molecule has 0 amide bonds. The first-order chi connectivity index (χ1) is 41.6. The lowest BCUT2D eigenvalue weighted by atomic mass is 10.0. The normalized spacial score (nSPS) is 11.0. The van der Waals surface area contributed by atoms with Gasteiger partial charge in [-0.15, -0.1) is 0 Å². The fourth-order valence-corrected chi connectivity index (χ4v) is 10.9. The molecule has 0 spiro atoms. The van der Waals surface area contributed by atoms with Crippen molar-refractivity contribution in [2.45, 2.75) is 0 Å². The highest BCUT2D eigenvalue weighted by atomic mass is 35.5. The Balaban J connectivity index is 0.000000117. The molecule has 410 valence electrons. The van der Waals surface area contributed by atoms with E-state index in [1.54, 1.807) is 39.5 Å². The van der Waals surface area contributed by atoms with Gasteiger partial charge in [0, 0.05) is 48.4 Å². The fourth-order valence-electron chi connectivity index (χ4n) is 10.3. The molecule has 13 heteroatoms. The molecule has 15 rings (SSSR count). The number of carbonyl (C=O) groups excluding carboxylic acids is 3. The molecule has 0 bridgehead atoms. The summed E-state index contributed by atoms with van der Waals surface area (Å²) in [6.45, 7) is 0. The van der Waals surface area contributed by atoms with Crippen LogP contribution in [0.15, 0.2) is 273 Å². The average Bonchev–Trinajstić information content (AvgIpc) is 2.51. The molecule has 0 radical (unpaired) electrons. The predicted molar refractivity (Wildman–Crippen MR) is 348 cm³/mol. The number of carbonyl (C=O) groups is 3. The summed E-state index contributed by atoms with van der Waals surface area (Å²) < 4.78 is 3.35. The molecule has 0 fully saturated rings. The molecule has 12 aromatic carbocycles. The topological polar surface area (TPSA) is 116 Å². The van der Waals surface area contributed by atoms with Gasteiger partial charge in [0.15, 0.2) is 0 Å². The Morgan fingerprint density at radius 1 is 0.341 bits per heavy atom. The number of nitrogens with one attached hydrogen (secondary N) is 1. The first-order valence-corrected chi connectivity index (χ1v) is 28.5. The second kappa shape index (κ2) is 24.8. The Labute approximate surface area is 507 Å². The van der Waals surface area contributed by atoms with Crippen LogP contribution < -0.4 is 0 Å². The predicted octanol–water partition coefficient (Wildman–Crippen LogP) is 19.5. The van der Waals surface area contributed by atoms with Crippen LogP contribution in [0.5, 0.6) is 0 Å². The van der Waals surface area contributed by atoms with Crippen LogP contribution in [0.4, 0.5) is 0 Å². The van der Waals surface area contributed by atoms with E-state index in [1.165, 1.54) is 0 Å². The van der Waals surface area contributed by atoms with Crippen molar-refractivity contribution in [1.82, 2.24) is 29.1 Å². The molecule has 1 N–H and O–H groups in total. The van der Waals surface area contributed by atoms with E-state index >= 15 is 0 Å². The highest BCUT2D eigenvalue weighted by molar-refractivity contribution is 6.68. The molecule has 9 nitrogen and oxygen atoms in total. The summed E-state index contributed by atoms with van der Waals surface area (Å²) in [6.07, 6.45) is 0. The summed E-state index contributed by atoms with van der Waals surface area (Å²) in [5, 5.41) is 7.31. The molecule has 0 atom stereocenters. The van der Waals surface area contributed by atoms with E-state index in [9.17, 15) is 14.4 Å². The van der Waals surface area contributed by atoms with Crippen LogP contribution in [0.1, 0.15) is 31.1 Å². The van der Waals surface area contributed by atoms with Gasteiger partial charge in [0.1, 0.15) is 17.5 Å². The second-order valence-corrected chi connectivity index (χ2v) is 21.3. The maximum atomic E-state index is 13.7. The van der Waals surface area contributed by atoms with Crippen molar-refractivity contribution in [1.29, 1.82) is 0 Å². The Bertz CT molecular complexity index is 4910. The number of aromatic nitrogens is 6. The van der Waals surface area contributed by atoms with E-state index in [1.807, 2.05) is 243 Å². The minimum absolute atomic E-state index is 0.111. The molecule has 0 aliphatic heterocycles. The van der Waals surface area contributed by atoms with E-state index < -0.39 is 5.24 Å². The van der Waals surface area contributed by atoms with Gasteiger partial charge < -0.3 is 4.98 Å². The van der Waals surface area contributed by atoms with Crippen LogP contribution in [-0.4, -0.2) is 46.1 Å². The molecule has 3 heterocycles. The molecule has 0 aliphatic rings. The van der Waals surface area contributed by atoms with Gasteiger partial charge >= 0.3 is 0 Å². The summed E-state index contributed by atoms with van der Waals surface area (Å²) >= 11 is 23.8. The second-order valence-electron chi connectivity index (χ2n) is 19.6. The average molecular weight is 1190 g/mol. The maximum absolute atomic E-state index is 13.7. The summed E-state index contributed by atoms with van der Waals surface area (Å²) in [6, 6.07) is 86.5. The van der Waals surface area contributed by atoms with Gasteiger partial charge in [-0.1, -0.05) is 235 Å². The van der Waals surface area contributed by atoms with Crippen molar-refractivity contribution in [3.05, 3.63) is 305 Å². The Hall–Kier alpha value is -10.0. The first-order valence-electron chi connectivity index (χ1n) is 27.0. The third-order valence-corrected chi connectivity index (χ3v) is 15.1. The van der Waals surface area contributed by atoms with Gasteiger partial charge in [-0.2, -0.15) is 0 Å². The van der Waals surface area contributed by atoms with E-state index in [0.29, 0.717) is 49.4 Å². The summed E-state index contributed by atoms with van der Waals surface area (Å²) in [4.78, 5) is 55.7. The van der Waals surface area contributed by atoms with Crippen molar-refractivity contribution in [2.75, 3.05) is 0 Å². The zero-order valence-electron chi connectivity index (χ0n) is 45.0. The maximum Gasteiger partial charge on any atom is 0.264 e. The van der Waals surface area contributed by atoms with E-state index in [-0.39, 0.29) is 11.8 Å². The molecular weight excluding hydrogens is 1140 g/mol. The molecule has 15 aromatic rings. The molecule has 0 aliphatic carbocycles. The van der Waals surface area contributed by atoms with Gasteiger partial charge in [0.2, 0.25) is 0 Å². The molecule has 3 aromatic heterocycles. The molecule has 85 heavy (non-hydrogen) atoms. The third-order valence-electron chi connectivity index (χ3n) is 14.2. The van der Waals surface area contributed by atoms with E-state index in [0.717, 1.165) is 81.9 Å². The number of hydrogen-bond donors (Lipinski definition) is 1. The van der Waals surface area contributed by atoms with Crippen molar-refractivity contribution >= 4 is 129 Å². The highest BCUT2D eigenvalue weighted by Crippen LogP contribution is 2.32. The van der Waals surface area contributed by atoms with Gasteiger partial charge in [-0.25, -0.2) is 15.0 Å². The lowest BCUT2D eigenvalue weighted by Gasteiger charge is -2.10. The van der Waals surface area contributed by atoms with Crippen LogP contribution in [0.25, 0.3) is 99.6 Å². The smallest absolute Gasteiger partial charge is 0.264 e. The number of halogens is 4. The lowest BCUT2D eigenvalue weighted by molar-refractivity contribution is 0.0959. The highest BCUT2D eigenvalue weighted by Gasteiger charge is 2.23. The van der Waals surface area contributed by atoms with Crippen LogP contribution in [0.2, 0.25) is 15.1 Å². The lowest BCUT2D eigenvalue weighted by Crippen LogP contribution is -2.14. The van der Waals surface area contributed by atoms with Gasteiger partial charge in [0.25, 0.3) is 17.1 Å². The molecule has 0 saturated carbocycles. The minimum Gasteiger partial charge on any atom is -0.338 e. The Morgan fingerprint density at radius 2 is 0.741 bits per heavy atom. The monoisotopic (exact) mass is 1180 g/mol. The third kappa shape index (κ3) is 11.8. The van der Waals surface area contributed by atoms with Crippen LogP contribution in [0, 0.1) is 0 Å². The number of H-pyrrole nitrogens is 1. The molecule has 0 saturated heterocycles. The van der Waals surface area contributed by atoms with E-state index in [2.05, 4.69) is 9.97 Å². The Kier molecular flexibility index (Phi) is 16.2. The summed E-state index contributed by atoms with van der Waals surface area (Å²) in [5.74, 6) is 1.85. The van der Waals surface area contributed by atoms with Crippen molar-refractivity contribution in [3.8, 4) is 34.2 Å². The number of benzene rings is 12. The van der Waals surface area contributed by atoms with Crippen molar-refractivity contribution in [3.63, 3.8) is 0 Å². The van der Waals surface area contributed by atoms with Gasteiger partial charge in [0.05, 0.1) is 33.1 Å². The van der Waals surface area contributed by atoms with Crippen molar-refractivity contribution < 1.29 is 14.4 Å². The molecule has 0 unspecified atom stereocenters. The number of imidazole rings is 3. The number of fused-ring (bicyclic) bond motifs is 6. The van der Waals surface area contributed by atoms with Gasteiger partial charge in [-0.05, 0) is 117 Å². The standard InChI is InChI=1S/2C24H15ClN2O.C13H9ClN2.C11H7ClO/c25-18-13-14-22-21(15-18)26-23(17-8-2-1-3-9-17)27(22)24(28)20-12-6-10-16-7-4-5-11-19(16)20;25-18-13-14-21-22(15-18)27(23(26-21)17-8-2-1-3-9-17)24(28)20-12-6-10-16-7-4-5-11-19(16)20;14-10-6-7-11-12(8-10)16-13(15-11)9-4-2-1-3-5-9;12-11(13)10-7-3-5-8-4-1-2-6-9(8)10/h2*1-15H;1-8H,(H,15,16);1-7H. The first kappa shape index (κ1) is 55.5. The number of nitrogens with zero attached hydrogens (tertiary/aromatic N) is 5. The summed E-state index contributed by atoms with van der Waals surface area (Å²) in [5.41, 5.74) is 9.44. The van der Waals surface area contributed by atoms with Crippen LogP contribution in [-0.2, 0) is 0 Å². The largest absolute Gasteiger partial charge is 0.338 e.